The topological polar surface area (TPSA) is 68.5 Å². The first-order valence-electron chi connectivity index (χ1n) is 9.74. The monoisotopic (exact) mass is 431 g/mol. The van der Waals surface area contributed by atoms with Crippen molar-refractivity contribution in [1.82, 2.24) is 5.32 Å². The molecule has 0 saturated carbocycles. The number of allylic oxidation sites excluding steroid dienone is 3. The number of carbonyl (C=O) groups is 2. The van der Waals surface area contributed by atoms with Crippen molar-refractivity contribution in [1.29, 1.82) is 0 Å². The van der Waals surface area contributed by atoms with Crippen molar-refractivity contribution in [3.63, 3.8) is 0 Å². The van der Waals surface area contributed by atoms with Crippen molar-refractivity contribution < 1.29 is 31.9 Å². The lowest BCUT2D eigenvalue weighted by Crippen LogP contribution is -2.36. The van der Waals surface area contributed by atoms with Crippen LogP contribution in [0.15, 0.2) is 69.6 Å². The summed E-state index contributed by atoms with van der Waals surface area (Å²) in [6.45, 7) is 1.60. The van der Waals surface area contributed by atoms with Crippen LogP contribution in [0.25, 0.3) is 0 Å². The Morgan fingerprint density at radius 2 is 1.90 bits per heavy atom. The second-order valence-corrected chi connectivity index (χ2v) is 7.61. The molecule has 0 saturated heterocycles. The largest absolute Gasteiger partial charge is 0.469 e. The summed E-state index contributed by atoms with van der Waals surface area (Å²) in [6, 6.07) is 8.52. The van der Waals surface area contributed by atoms with Crippen molar-refractivity contribution in [3.8, 4) is 0 Å². The predicted octanol–water partition coefficient (Wildman–Crippen LogP) is 4.83. The van der Waals surface area contributed by atoms with Crippen LogP contribution >= 0.6 is 0 Å². The Bertz CT molecular complexity index is 1100. The molecule has 2 aromatic rings. The number of hydrogen-bond acceptors (Lipinski definition) is 5. The molecule has 5 nitrogen and oxygen atoms in total. The van der Waals surface area contributed by atoms with Crippen molar-refractivity contribution >= 4 is 11.8 Å². The molecule has 4 rings (SSSR count). The molecule has 2 aliphatic rings. The van der Waals surface area contributed by atoms with Crippen molar-refractivity contribution in [2.45, 2.75) is 37.8 Å². The molecule has 8 heteroatoms. The number of Topliss-reactive ketones (excluding diaryl/α,β-unsaturated/α-hetero) is 1. The van der Waals surface area contributed by atoms with Gasteiger partial charge in [0.05, 0.1) is 24.5 Å². The highest BCUT2D eigenvalue weighted by atomic mass is 19.4. The van der Waals surface area contributed by atoms with Gasteiger partial charge in [-0.15, -0.1) is 0 Å². The van der Waals surface area contributed by atoms with Gasteiger partial charge in [0.2, 0.25) is 0 Å². The van der Waals surface area contributed by atoms with Crippen LogP contribution in [0.1, 0.15) is 48.5 Å². The molecule has 162 valence electrons. The minimum absolute atomic E-state index is 0.00255. The molecule has 1 aliphatic carbocycles. The third-order valence-electron chi connectivity index (χ3n) is 5.76. The van der Waals surface area contributed by atoms with E-state index in [2.05, 4.69) is 5.32 Å². The number of ketones is 1. The Labute approximate surface area is 176 Å². The highest BCUT2D eigenvalue weighted by Crippen LogP contribution is 2.48. The van der Waals surface area contributed by atoms with Gasteiger partial charge in [-0.2, -0.15) is 13.2 Å². The number of esters is 1. The number of ether oxygens (including phenoxy) is 1. The number of nitrogens with one attached hydrogen (secondary N) is 1. The number of rotatable bonds is 3. The summed E-state index contributed by atoms with van der Waals surface area (Å²) in [6.07, 6.45) is -2.68. The molecule has 0 spiro atoms. The molecule has 1 N–H and O–H groups in total. The van der Waals surface area contributed by atoms with Crippen LogP contribution in [-0.2, 0) is 20.5 Å². The van der Waals surface area contributed by atoms with Crippen molar-refractivity contribution in [2.75, 3.05) is 7.11 Å². The SMILES string of the molecule is COC(=O)C1=C(C)NC2=C(C(=O)C[C@H](c3ccco3)C2)[C@@H]1c1ccccc1C(F)(F)F. The fraction of sp³-hybridized carbons (Fsp3) is 0.304. The molecule has 0 radical (unpaired) electrons. The molecular weight excluding hydrogens is 411 g/mol. The number of benzene rings is 1. The summed E-state index contributed by atoms with van der Waals surface area (Å²) in [4.78, 5) is 25.9. The molecule has 2 heterocycles. The fourth-order valence-electron chi connectivity index (χ4n) is 4.46. The Hall–Kier alpha value is -3.29. The zero-order chi connectivity index (χ0) is 22.3. The summed E-state index contributed by atoms with van der Waals surface area (Å²) in [5, 5.41) is 3.08. The van der Waals surface area contributed by atoms with Gasteiger partial charge in [-0.1, -0.05) is 18.2 Å². The van der Waals surface area contributed by atoms with Crippen LogP contribution in [0.4, 0.5) is 13.2 Å². The second-order valence-electron chi connectivity index (χ2n) is 7.61. The van der Waals surface area contributed by atoms with Crippen molar-refractivity contribution in [2.24, 2.45) is 0 Å². The van der Waals surface area contributed by atoms with Crippen LogP contribution in [0, 0.1) is 0 Å². The quantitative estimate of drug-likeness (QED) is 0.705. The van der Waals surface area contributed by atoms with Gasteiger partial charge in [-0.25, -0.2) is 4.79 Å². The second kappa shape index (κ2) is 7.76. The maximum Gasteiger partial charge on any atom is 0.416 e. The predicted molar refractivity (Wildman–Crippen MR) is 105 cm³/mol. The van der Waals surface area contributed by atoms with Gasteiger partial charge < -0.3 is 14.5 Å². The Morgan fingerprint density at radius 1 is 1.16 bits per heavy atom. The van der Waals surface area contributed by atoms with E-state index >= 15 is 0 Å². The molecule has 0 unspecified atom stereocenters. The molecule has 0 amide bonds. The molecule has 1 aliphatic heterocycles. The summed E-state index contributed by atoms with van der Waals surface area (Å²) in [5.74, 6) is -1.88. The van der Waals surface area contributed by atoms with Gasteiger partial charge >= 0.3 is 12.1 Å². The normalized spacial score (nSPS) is 21.6. The number of halogens is 3. The first kappa shape index (κ1) is 21.0. The average Bonchev–Trinajstić information content (AvgIpc) is 3.26. The minimum Gasteiger partial charge on any atom is -0.469 e. The van der Waals surface area contributed by atoms with Crippen molar-refractivity contribution in [3.05, 3.63) is 82.1 Å². The van der Waals surface area contributed by atoms with E-state index in [1.165, 1.54) is 24.5 Å². The summed E-state index contributed by atoms with van der Waals surface area (Å²) < 4.78 is 51.8. The lowest BCUT2D eigenvalue weighted by molar-refractivity contribution is -0.139. The van der Waals surface area contributed by atoms with E-state index in [1.54, 1.807) is 19.1 Å². The lowest BCUT2D eigenvalue weighted by Gasteiger charge is -2.36. The van der Waals surface area contributed by atoms with Gasteiger partial charge in [0.1, 0.15) is 5.76 Å². The molecule has 1 aromatic heterocycles. The van der Waals surface area contributed by atoms with E-state index in [1.807, 2.05) is 0 Å². The van der Waals surface area contributed by atoms with Gasteiger partial charge in [0.25, 0.3) is 0 Å². The van der Waals surface area contributed by atoms with Crippen LogP contribution in [0.2, 0.25) is 0 Å². The van der Waals surface area contributed by atoms with Gasteiger partial charge in [-0.3, -0.25) is 4.79 Å². The summed E-state index contributed by atoms with van der Waals surface area (Å²) in [7, 11) is 1.16. The number of hydrogen-bond donors (Lipinski definition) is 1. The molecular formula is C23H20F3NO4. The van der Waals surface area contributed by atoms with E-state index in [9.17, 15) is 22.8 Å². The molecule has 2 atom stereocenters. The van der Waals surface area contributed by atoms with E-state index in [-0.39, 0.29) is 34.8 Å². The number of alkyl halides is 3. The fourth-order valence-corrected chi connectivity index (χ4v) is 4.46. The third-order valence-corrected chi connectivity index (χ3v) is 5.76. The Balaban J connectivity index is 1.90. The summed E-state index contributed by atoms with van der Waals surface area (Å²) in [5.41, 5.74) is 0.0102. The zero-order valence-corrected chi connectivity index (χ0v) is 16.9. The number of furan rings is 1. The van der Waals surface area contributed by atoms with E-state index in [0.717, 1.165) is 13.2 Å². The lowest BCUT2D eigenvalue weighted by atomic mass is 9.71. The molecule has 0 bridgehead atoms. The van der Waals surface area contributed by atoms with E-state index < -0.39 is 23.6 Å². The van der Waals surface area contributed by atoms with Crippen LogP contribution < -0.4 is 5.32 Å². The number of dihydropyridines is 1. The van der Waals surface area contributed by atoms with Gasteiger partial charge in [0.15, 0.2) is 5.78 Å². The first-order chi connectivity index (χ1) is 14.7. The molecule has 31 heavy (non-hydrogen) atoms. The maximum atomic E-state index is 13.8. The van der Waals surface area contributed by atoms with E-state index in [0.29, 0.717) is 23.6 Å². The first-order valence-corrected chi connectivity index (χ1v) is 9.74. The zero-order valence-electron chi connectivity index (χ0n) is 16.9. The number of methoxy groups -OCH3 is 1. The highest BCUT2D eigenvalue weighted by molar-refractivity contribution is 6.04. The number of carbonyl (C=O) groups excluding carboxylic acids is 2. The minimum atomic E-state index is -4.65. The average molecular weight is 431 g/mol. The standard InChI is InChI=1S/C23H20F3NO4/c1-12-19(22(29)30-2)20(14-6-3-4-7-15(14)23(24,25)26)21-16(27-12)10-13(11-17(21)28)18-8-5-9-31-18/h3-9,13,20,27H,10-11H2,1-2H3/t13-,20-/m1/s1. The van der Waals surface area contributed by atoms with Crippen LogP contribution in [-0.4, -0.2) is 18.9 Å². The Morgan fingerprint density at radius 3 is 2.55 bits per heavy atom. The smallest absolute Gasteiger partial charge is 0.416 e. The summed E-state index contributed by atoms with van der Waals surface area (Å²) >= 11 is 0. The van der Waals surface area contributed by atoms with Gasteiger partial charge in [-0.05, 0) is 37.1 Å². The highest BCUT2D eigenvalue weighted by Gasteiger charge is 2.45. The Kier molecular flexibility index (Phi) is 5.24. The van der Waals surface area contributed by atoms with E-state index in [4.69, 9.17) is 9.15 Å². The maximum absolute atomic E-state index is 13.8. The molecule has 1 aromatic carbocycles. The third kappa shape index (κ3) is 3.66. The van der Waals surface area contributed by atoms with Gasteiger partial charge in [0, 0.05) is 35.2 Å². The molecule has 0 fully saturated rings. The van der Waals surface area contributed by atoms with Crippen LogP contribution in [0.3, 0.4) is 0 Å². The van der Waals surface area contributed by atoms with Crippen LogP contribution in [0.5, 0.6) is 0 Å².